The van der Waals surface area contributed by atoms with Crippen molar-refractivity contribution >= 4 is 17.5 Å². The van der Waals surface area contributed by atoms with Crippen LogP contribution in [0.1, 0.15) is 43.3 Å². The molecule has 1 N–H and O–H groups in total. The molecular weight excluding hydrogens is 480 g/mol. The summed E-state index contributed by atoms with van der Waals surface area (Å²) in [6.07, 6.45) is 4.29. The van der Waals surface area contributed by atoms with Crippen molar-refractivity contribution in [1.29, 1.82) is 0 Å². The van der Waals surface area contributed by atoms with Crippen LogP contribution in [-0.2, 0) is 11.3 Å². The highest BCUT2D eigenvalue weighted by Crippen LogP contribution is 2.35. The molecule has 0 radical (unpaired) electrons. The molecule has 0 spiro atoms. The van der Waals surface area contributed by atoms with E-state index >= 15 is 0 Å². The van der Waals surface area contributed by atoms with Gasteiger partial charge in [-0.1, -0.05) is 29.8 Å². The minimum atomic E-state index is -0.323. The van der Waals surface area contributed by atoms with Crippen LogP contribution in [0.4, 0.5) is 0 Å². The summed E-state index contributed by atoms with van der Waals surface area (Å²) in [7, 11) is 0. The van der Waals surface area contributed by atoms with E-state index in [9.17, 15) is 4.79 Å². The fraction of sp³-hybridized carbons (Fsp3) is 0.333. The van der Waals surface area contributed by atoms with Crippen molar-refractivity contribution in [3.63, 3.8) is 0 Å². The van der Waals surface area contributed by atoms with Crippen LogP contribution in [0, 0.1) is 6.92 Å². The fourth-order valence-corrected chi connectivity index (χ4v) is 4.81. The predicted molar refractivity (Wildman–Crippen MR) is 136 cm³/mol. The normalized spacial score (nSPS) is 19.1. The molecular formula is C27H29ClN4O4. The summed E-state index contributed by atoms with van der Waals surface area (Å²) in [4.78, 5) is 19.8. The van der Waals surface area contributed by atoms with E-state index in [0.29, 0.717) is 54.3 Å². The lowest BCUT2D eigenvalue weighted by Gasteiger charge is -2.31. The number of ether oxygens (including phenoxy) is 2. The Morgan fingerprint density at radius 3 is 2.67 bits per heavy atom. The summed E-state index contributed by atoms with van der Waals surface area (Å²) < 4.78 is 17.2. The zero-order chi connectivity index (χ0) is 25.2. The number of rotatable bonds is 8. The number of carbonyl (C=O) groups excluding carboxylic acids is 1. The number of nitrogens with zero attached hydrogens (tertiary/aromatic N) is 3. The number of carbonyl (C=O) groups is 1. The standard InChI is InChI=1S/C27H29ClN4O4/c1-4-34-24-9-7-6-8-19(24)26-29-22(17(3)36-26)16-31-12-13-32-23(27(31)33)15-21(30-32)18-10-11-25(35-5-2)20(28)14-18/h6-14,21,23,30H,4-5,15-16H2,1-3H3. The average Bonchev–Trinajstić information content (AvgIpc) is 3.47. The number of benzene rings is 2. The second-order valence-electron chi connectivity index (χ2n) is 8.68. The molecule has 2 aliphatic heterocycles. The number of para-hydroxylation sites is 1. The molecule has 1 amide bonds. The summed E-state index contributed by atoms with van der Waals surface area (Å²) in [5.41, 5.74) is 5.92. The van der Waals surface area contributed by atoms with Gasteiger partial charge >= 0.3 is 0 Å². The first-order valence-corrected chi connectivity index (χ1v) is 12.5. The van der Waals surface area contributed by atoms with Gasteiger partial charge in [0.2, 0.25) is 5.89 Å². The van der Waals surface area contributed by atoms with Crippen LogP contribution in [0.15, 0.2) is 59.3 Å². The van der Waals surface area contributed by atoms with E-state index in [-0.39, 0.29) is 18.0 Å². The molecule has 8 nitrogen and oxygen atoms in total. The summed E-state index contributed by atoms with van der Waals surface area (Å²) in [5, 5.41) is 2.43. The van der Waals surface area contributed by atoms with Gasteiger partial charge in [0.25, 0.3) is 5.91 Å². The van der Waals surface area contributed by atoms with Gasteiger partial charge in [0.05, 0.1) is 36.4 Å². The molecule has 0 aliphatic carbocycles. The molecule has 3 heterocycles. The molecule has 0 saturated carbocycles. The number of hydrogen-bond acceptors (Lipinski definition) is 7. The summed E-state index contributed by atoms with van der Waals surface area (Å²) in [6.45, 7) is 7.15. The minimum Gasteiger partial charge on any atom is -0.493 e. The quantitative estimate of drug-likeness (QED) is 0.446. The van der Waals surface area contributed by atoms with Crippen LogP contribution in [0.25, 0.3) is 11.5 Å². The maximum atomic E-state index is 13.4. The zero-order valence-electron chi connectivity index (χ0n) is 20.5. The molecule has 2 atom stereocenters. The van der Waals surface area contributed by atoms with Crippen molar-refractivity contribution in [2.45, 2.75) is 45.8 Å². The van der Waals surface area contributed by atoms with Crippen molar-refractivity contribution in [2.24, 2.45) is 0 Å². The van der Waals surface area contributed by atoms with Crippen LogP contribution >= 0.6 is 11.6 Å². The van der Waals surface area contributed by atoms with E-state index in [1.165, 1.54) is 0 Å². The number of hydrazine groups is 1. The van der Waals surface area contributed by atoms with E-state index < -0.39 is 0 Å². The number of aromatic nitrogens is 1. The lowest BCUT2D eigenvalue weighted by Crippen LogP contribution is -2.47. The van der Waals surface area contributed by atoms with Gasteiger partial charge in [0, 0.05) is 12.4 Å². The summed E-state index contributed by atoms with van der Waals surface area (Å²) >= 11 is 6.39. The Labute approximate surface area is 215 Å². The van der Waals surface area contributed by atoms with Gasteiger partial charge in [0.15, 0.2) is 0 Å². The molecule has 0 bridgehead atoms. The third kappa shape index (κ3) is 4.66. The largest absolute Gasteiger partial charge is 0.493 e. The fourth-order valence-electron chi connectivity index (χ4n) is 4.57. The van der Waals surface area contributed by atoms with Crippen molar-refractivity contribution in [1.82, 2.24) is 20.3 Å². The number of nitrogens with one attached hydrogen (secondary N) is 1. The van der Waals surface area contributed by atoms with E-state index in [2.05, 4.69) is 5.43 Å². The molecule has 36 heavy (non-hydrogen) atoms. The Hall–Kier alpha value is -3.49. The molecule has 2 aromatic carbocycles. The Morgan fingerprint density at radius 2 is 1.89 bits per heavy atom. The van der Waals surface area contributed by atoms with Crippen molar-refractivity contribution in [2.75, 3.05) is 13.2 Å². The van der Waals surface area contributed by atoms with E-state index in [1.54, 1.807) is 11.1 Å². The molecule has 1 fully saturated rings. The number of amides is 1. The Kier molecular flexibility index (Phi) is 6.89. The van der Waals surface area contributed by atoms with Crippen molar-refractivity contribution in [3.05, 3.63) is 76.9 Å². The van der Waals surface area contributed by atoms with Gasteiger partial charge in [-0.15, -0.1) is 0 Å². The molecule has 1 saturated heterocycles. The number of aryl methyl sites for hydroxylation is 1. The molecule has 1 aromatic heterocycles. The topological polar surface area (TPSA) is 80.1 Å². The molecule has 2 aliphatic rings. The lowest BCUT2D eigenvalue weighted by atomic mass is 10.0. The Bertz CT molecular complexity index is 1290. The van der Waals surface area contributed by atoms with Gasteiger partial charge < -0.3 is 23.8 Å². The smallest absolute Gasteiger partial charge is 0.251 e. The number of fused-ring (bicyclic) bond motifs is 1. The van der Waals surface area contributed by atoms with Gasteiger partial charge in [-0.3, -0.25) is 4.79 Å². The highest BCUT2D eigenvalue weighted by Gasteiger charge is 2.40. The van der Waals surface area contributed by atoms with Crippen LogP contribution < -0.4 is 14.9 Å². The summed E-state index contributed by atoms with van der Waals surface area (Å²) in [6, 6.07) is 13.0. The van der Waals surface area contributed by atoms with E-state index in [4.69, 9.17) is 30.5 Å². The van der Waals surface area contributed by atoms with Gasteiger partial charge in [-0.2, -0.15) is 0 Å². The Morgan fingerprint density at radius 1 is 1.11 bits per heavy atom. The molecule has 5 rings (SSSR count). The number of oxazole rings is 1. The second kappa shape index (κ2) is 10.2. The lowest BCUT2D eigenvalue weighted by molar-refractivity contribution is -0.135. The van der Waals surface area contributed by atoms with Crippen molar-refractivity contribution in [3.8, 4) is 23.0 Å². The first-order valence-electron chi connectivity index (χ1n) is 12.1. The third-order valence-electron chi connectivity index (χ3n) is 6.36. The van der Waals surface area contributed by atoms with Crippen LogP contribution in [0.2, 0.25) is 5.02 Å². The summed E-state index contributed by atoms with van der Waals surface area (Å²) in [5.74, 6) is 2.54. The predicted octanol–water partition coefficient (Wildman–Crippen LogP) is 5.23. The molecule has 3 aromatic rings. The van der Waals surface area contributed by atoms with Gasteiger partial charge in [0.1, 0.15) is 29.0 Å². The van der Waals surface area contributed by atoms with Crippen LogP contribution in [0.3, 0.4) is 0 Å². The first-order chi connectivity index (χ1) is 17.5. The Balaban J connectivity index is 1.30. The zero-order valence-corrected chi connectivity index (χ0v) is 21.3. The SMILES string of the molecule is CCOc1ccc(C2CC3C(=O)N(Cc4nc(-c5ccccc5OCC)oc4C)C=CN3N2)cc1Cl. The highest BCUT2D eigenvalue weighted by atomic mass is 35.5. The number of hydrogen-bond donors (Lipinski definition) is 1. The van der Waals surface area contributed by atoms with Gasteiger partial charge in [-0.25, -0.2) is 10.4 Å². The molecule has 188 valence electrons. The second-order valence-corrected chi connectivity index (χ2v) is 9.09. The third-order valence-corrected chi connectivity index (χ3v) is 6.66. The molecule has 2 unspecified atom stereocenters. The monoisotopic (exact) mass is 508 g/mol. The maximum Gasteiger partial charge on any atom is 0.251 e. The average molecular weight is 509 g/mol. The van der Waals surface area contributed by atoms with E-state index in [0.717, 1.165) is 16.9 Å². The van der Waals surface area contributed by atoms with Crippen LogP contribution in [-0.4, -0.2) is 40.1 Å². The number of halogens is 1. The van der Waals surface area contributed by atoms with E-state index in [1.807, 2.05) is 74.4 Å². The molecule has 9 heteroatoms. The highest BCUT2D eigenvalue weighted by molar-refractivity contribution is 6.32. The van der Waals surface area contributed by atoms with Crippen LogP contribution in [0.5, 0.6) is 11.5 Å². The first kappa shape index (κ1) is 24.2. The minimum absolute atomic E-state index is 0.00296. The van der Waals surface area contributed by atoms with Crippen molar-refractivity contribution < 1.29 is 18.7 Å². The maximum absolute atomic E-state index is 13.4. The van der Waals surface area contributed by atoms with Gasteiger partial charge in [-0.05, 0) is 57.0 Å².